The van der Waals surface area contributed by atoms with Crippen molar-refractivity contribution in [2.45, 2.75) is 20.3 Å². The number of carboxylic acids is 1. The van der Waals surface area contributed by atoms with Crippen LogP contribution in [-0.4, -0.2) is 42.0 Å². The minimum atomic E-state index is -3.76. The molecule has 0 aromatic heterocycles. The third-order valence-electron chi connectivity index (χ3n) is 1.43. The van der Waals surface area contributed by atoms with Gasteiger partial charge in [-0.3, -0.25) is 9.59 Å². The van der Waals surface area contributed by atoms with Crippen LogP contribution in [-0.2, 0) is 19.6 Å². The summed E-state index contributed by atoms with van der Waals surface area (Å²) >= 11 is 0. The number of carboxylic acid groups (broad SMARTS) is 1. The van der Waals surface area contributed by atoms with E-state index in [2.05, 4.69) is 0 Å². The summed E-state index contributed by atoms with van der Waals surface area (Å²) in [5.74, 6) is -2.35. The van der Waals surface area contributed by atoms with Gasteiger partial charge in [-0.15, -0.1) is 0 Å². The number of aliphatic carboxylic acids is 1. The molecule has 0 saturated carbocycles. The van der Waals surface area contributed by atoms with E-state index < -0.39 is 28.4 Å². The molecule has 0 spiro atoms. The minimum absolute atomic E-state index is 0.222. The van der Waals surface area contributed by atoms with Crippen molar-refractivity contribution in [2.24, 2.45) is 0 Å². The highest BCUT2D eigenvalue weighted by atomic mass is 32.2. The molecule has 0 bridgehead atoms. The first kappa shape index (κ1) is 12.9. The van der Waals surface area contributed by atoms with E-state index in [-0.39, 0.29) is 5.75 Å². The summed E-state index contributed by atoms with van der Waals surface area (Å²) < 4.78 is 23.1. The standard InChI is InChI=1S/C7H13NO5S/c1-3-4-14(12,13)8(6(2)9)5-7(10)11/h3-5H2,1-2H3,(H,10,11). The van der Waals surface area contributed by atoms with Crippen LogP contribution < -0.4 is 0 Å². The fourth-order valence-electron chi connectivity index (χ4n) is 0.897. The summed E-state index contributed by atoms with van der Waals surface area (Å²) in [5, 5.41) is 8.41. The number of sulfonamides is 1. The van der Waals surface area contributed by atoms with Crippen molar-refractivity contribution in [1.82, 2.24) is 4.31 Å². The van der Waals surface area contributed by atoms with Gasteiger partial charge in [0.2, 0.25) is 15.9 Å². The summed E-state index contributed by atoms with van der Waals surface area (Å²) in [5.41, 5.74) is 0. The van der Waals surface area contributed by atoms with Crippen molar-refractivity contribution in [1.29, 1.82) is 0 Å². The summed E-state index contributed by atoms with van der Waals surface area (Å²) in [6.07, 6.45) is 0.339. The molecule has 7 heteroatoms. The summed E-state index contributed by atoms with van der Waals surface area (Å²) in [4.78, 5) is 21.2. The fraction of sp³-hybridized carbons (Fsp3) is 0.714. The average molecular weight is 223 g/mol. The van der Waals surface area contributed by atoms with Crippen molar-refractivity contribution in [3.05, 3.63) is 0 Å². The predicted molar refractivity (Wildman–Crippen MR) is 49.1 cm³/mol. The lowest BCUT2D eigenvalue weighted by atomic mass is 10.6. The van der Waals surface area contributed by atoms with Gasteiger partial charge in [-0.05, 0) is 6.42 Å². The zero-order chi connectivity index (χ0) is 11.4. The van der Waals surface area contributed by atoms with Crippen LogP contribution in [0, 0.1) is 0 Å². The van der Waals surface area contributed by atoms with Gasteiger partial charge in [0.1, 0.15) is 6.54 Å². The van der Waals surface area contributed by atoms with Gasteiger partial charge in [-0.25, -0.2) is 12.7 Å². The first-order chi connectivity index (χ1) is 6.31. The average Bonchev–Trinajstić information content (AvgIpc) is 1.99. The number of amides is 1. The summed E-state index contributed by atoms with van der Waals surface area (Å²) in [6, 6.07) is 0. The Labute approximate surface area is 82.6 Å². The number of carbonyl (C=O) groups is 2. The highest BCUT2D eigenvalue weighted by molar-refractivity contribution is 7.89. The molecule has 0 aliphatic rings. The molecular formula is C7H13NO5S. The van der Waals surface area contributed by atoms with Gasteiger partial charge in [0.25, 0.3) is 0 Å². The Kier molecular flexibility index (Phi) is 4.55. The molecule has 0 rings (SSSR count). The quantitative estimate of drug-likeness (QED) is 0.688. The zero-order valence-electron chi connectivity index (χ0n) is 8.06. The second-order valence-electron chi connectivity index (χ2n) is 2.74. The molecule has 0 aromatic carbocycles. The maximum atomic E-state index is 11.3. The molecular weight excluding hydrogens is 210 g/mol. The molecule has 0 radical (unpaired) electrons. The van der Waals surface area contributed by atoms with E-state index in [9.17, 15) is 18.0 Å². The van der Waals surface area contributed by atoms with Crippen LogP contribution >= 0.6 is 0 Å². The molecule has 0 heterocycles. The first-order valence-electron chi connectivity index (χ1n) is 4.04. The molecule has 14 heavy (non-hydrogen) atoms. The molecule has 1 N–H and O–H groups in total. The Hall–Kier alpha value is -1.11. The van der Waals surface area contributed by atoms with E-state index >= 15 is 0 Å². The summed E-state index contributed by atoms with van der Waals surface area (Å²) in [6.45, 7) is 1.85. The van der Waals surface area contributed by atoms with Gasteiger partial charge in [0.15, 0.2) is 0 Å². The van der Waals surface area contributed by atoms with E-state index in [4.69, 9.17) is 5.11 Å². The molecule has 1 amide bonds. The van der Waals surface area contributed by atoms with Gasteiger partial charge in [0, 0.05) is 6.92 Å². The van der Waals surface area contributed by atoms with Gasteiger partial charge in [-0.1, -0.05) is 6.92 Å². The Balaban J connectivity index is 4.83. The number of hydrogen-bond donors (Lipinski definition) is 1. The van der Waals surface area contributed by atoms with Crippen LogP contribution in [0.2, 0.25) is 0 Å². The molecule has 0 fully saturated rings. The minimum Gasteiger partial charge on any atom is -0.480 e. The molecule has 82 valence electrons. The van der Waals surface area contributed by atoms with E-state index in [1.165, 1.54) is 0 Å². The fourth-order valence-corrected chi connectivity index (χ4v) is 2.33. The molecule has 0 aliphatic carbocycles. The van der Waals surface area contributed by atoms with Crippen LogP contribution in [0.4, 0.5) is 0 Å². The second kappa shape index (κ2) is 4.94. The van der Waals surface area contributed by atoms with Crippen molar-refractivity contribution < 1.29 is 23.1 Å². The van der Waals surface area contributed by atoms with E-state index in [1.54, 1.807) is 6.92 Å². The molecule has 0 saturated heterocycles. The van der Waals surface area contributed by atoms with Crippen LogP contribution in [0.3, 0.4) is 0 Å². The Morgan fingerprint density at radius 1 is 1.36 bits per heavy atom. The number of carbonyl (C=O) groups excluding carboxylic acids is 1. The van der Waals surface area contributed by atoms with Crippen LogP contribution in [0.25, 0.3) is 0 Å². The Morgan fingerprint density at radius 3 is 2.14 bits per heavy atom. The number of rotatable bonds is 5. The third kappa shape index (κ3) is 3.73. The van der Waals surface area contributed by atoms with Gasteiger partial charge in [-0.2, -0.15) is 0 Å². The molecule has 0 aliphatic heterocycles. The van der Waals surface area contributed by atoms with Crippen LogP contribution in [0.1, 0.15) is 20.3 Å². The maximum Gasteiger partial charge on any atom is 0.324 e. The lowest BCUT2D eigenvalue weighted by molar-refractivity contribution is -0.140. The maximum absolute atomic E-state index is 11.3. The van der Waals surface area contributed by atoms with Gasteiger partial charge < -0.3 is 5.11 Å². The topological polar surface area (TPSA) is 91.8 Å². The highest BCUT2D eigenvalue weighted by Crippen LogP contribution is 2.03. The second-order valence-corrected chi connectivity index (χ2v) is 4.75. The van der Waals surface area contributed by atoms with Crippen molar-refractivity contribution in [3.63, 3.8) is 0 Å². The molecule has 6 nitrogen and oxygen atoms in total. The SMILES string of the molecule is CCCS(=O)(=O)N(CC(=O)O)C(C)=O. The predicted octanol–water partition coefficient (Wildman–Crippen LogP) is -0.341. The van der Waals surface area contributed by atoms with E-state index in [0.29, 0.717) is 10.7 Å². The third-order valence-corrected chi connectivity index (χ3v) is 3.41. The Morgan fingerprint density at radius 2 is 1.86 bits per heavy atom. The van der Waals surface area contributed by atoms with Gasteiger partial charge >= 0.3 is 5.97 Å². The van der Waals surface area contributed by atoms with Crippen molar-refractivity contribution in [3.8, 4) is 0 Å². The molecule has 0 atom stereocenters. The largest absolute Gasteiger partial charge is 0.480 e. The van der Waals surface area contributed by atoms with Gasteiger partial charge in [0.05, 0.1) is 5.75 Å². The normalized spacial score (nSPS) is 11.0. The number of nitrogens with zero attached hydrogens (tertiary/aromatic N) is 1. The zero-order valence-corrected chi connectivity index (χ0v) is 8.87. The summed E-state index contributed by atoms with van der Waals surface area (Å²) in [7, 11) is -3.76. The monoisotopic (exact) mass is 223 g/mol. The van der Waals surface area contributed by atoms with Crippen LogP contribution in [0.15, 0.2) is 0 Å². The smallest absolute Gasteiger partial charge is 0.324 e. The van der Waals surface area contributed by atoms with Crippen LogP contribution in [0.5, 0.6) is 0 Å². The van der Waals surface area contributed by atoms with Crippen molar-refractivity contribution in [2.75, 3.05) is 12.3 Å². The Bertz CT molecular complexity index is 321. The highest BCUT2D eigenvalue weighted by Gasteiger charge is 2.25. The lowest BCUT2D eigenvalue weighted by Gasteiger charge is -2.18. The van der Waals surface area contributed by atoms with E-state index in [1.807, 2.05) is 0 Å². The first-order valence-corrected chi connectivity index (χ1v) is 5.65. The molecule has 0 aromatic rings. The molecule has 0 unspecified atom stereocenters. The number of hydrogen-bond acceptors (Lipinski definition) is 4. The van der Waals surface area contributed by atoms with Crippen molar-refractivity contribution >= 4 is 21.9 Å². The lowest BCUT2D eigenvalue weighted by Crippen LogP contribution is -2.40. The van der Waals surface area contributed by atoms with E-state index in [0.717, 1.165) is 6.92 Å².